The van der Waals surface area contributed by atoms with Gasteiger partial charge in [0.2, 0.25) is 11.8 Å². The van der Waals surface area contributed by atoms with Crippen molar-refractivity contribution in [3.05, 3.63) is 91.0 Å². The lowest BCUT2D eigenvalue weighted by Crippen LogP contribution is -2.61. The fraction of sp³-hybridized carbons (Fsp3) is 0.310. The zero-order valence-corrected chi connectivity index (χ0v) is 25.0. The fourth-order valence-electron chi connectivity index (χ4n) is 6.10. The van der Waals surface area contributed by atoms with Gasteiger partial charge in [0.25, 0.3) is 0 Å². The molecule has 2 fully saturated rings. The molecule has 3 aliphatic heterocycles. The highest BCUT2D eigenvalue weighted by molar-refractivity contribution is 14.1. The molecule has 3 aromatic rings. The molecule has 3 heterocycles. The minimum Gasteiger partial charge on any atom is -0.490 e. The molecule has 1 spiro atoms. The maximum absolute atomic E-state index is 14.4. The van der Waals surface area contributed by atoms with Gasteiger partial charge < -0.3 is 20.1 Å². The first-order chi connectivity index (χ1) is 18.8. The van der Waals surface area contributed by atoms with Gasteiger partial charge in [0.05, 0.1) is 19.3 Å². The summed E-state index contributed by atoms with van der Waals surface area (Å²) < 4.78 is 13.0. The van der Waals surface area contributed by atoms with Crippen molar-refractivity contribution in [2.75, 3.05) is 18.5 Å². The molecule has 39 heavy (non-hydrogen) atoms. The Hall–Kier alpha value is -2.04. The van der Waals surface area contributed by atoms with E-state index in [1.54, 1.807) is 30.3 Å². The molecule has 3 aliphatic rings. The van der Waals surface area contributed by atoms with E-state index in [4.69, 9.17) is 44.3 Å². The monoisotopic (exact) mass is 696 g/mol. The number of ether oxygens (including phenoxy) is 2. The maximum atomic E-state index is 14.4. The van der Waals surface area contributed by atoms with E-state index >= 15 is 0 Å². The quantitative estimate of drug-likeness (QED) is 0.238. The van der Waals surface area contributed by atoms with Crippen LogP contribution in [0, 0.1) is 3.57 Å². The van der Waals surface area contributed by atoms with Crippen LogP contribution in [0.5, 0.6) is 5.75 Å². The SMILES string of the molecule is O=C1N[C@@H](c2cc(I)ccc2OC2CCOCC2)[C@@]2(C(=O)Nc3cc(Cl)ccc32)[C@H](c2cccc(Cl)c2)[C@@H]1Cl. The Labute approximate surface area is 254 Å². The largest absolute Gasteiger partial charge is 0.490 e. The molecule has 10 heteroatoms. The van der Waals surface area contributed by atoms with Crippen molar-refractivity contribution in [1.29, 1.82) is 0 Å². The number of amides is 2. The van der Waals surface area contributed by atoms with Gasteiger partial charge in [-0.2, -0.15) is 0 Å². The van der Waals surface area contributed by atoms with Gasteiger partial charge in [0, 0.05) is 43.6 Å². The van der Waals surface area contributed by atoms with Gasteiger partial charge in [-0.3, -0.25) is 9.59 Å². The zero-order chi connectivity index (χ0) is 27.3. The zero-order valence-electron chi connectivity index (χ0n) is 20.6. The summed E-state index contributed by atoms with van der Waals surface area (Å²) in [6.45, 7) is 1.24. The highest BCUT2D eigenvalue weighted by atomic mass is 127. The van der Waals surface area contributed by atoms with Gasteiger partial charge in [-0.25, -0.2) is 0 Å². The second kappa shape index (κ2) is 10.7. The molecular formula is C29H24Cl3IN2O4. The summed E-state index contributed by atoms with van der Waals surface area (Å²) in [7, 11) is 0. The first kappa shape index (κ1) is 27.1. The van der Waals surface area contributed by atoms with Crippen molar-refractivity contribution in [2.45, 2.75) is 41.7 Å². The van der Waals surface area contributed by atoms with Crippen molar-refractivity contribution in [1.82, 2.24) is 5.32 Å². The molecule has 202 valence electrons. The number of hydrogen-bond donors (Lipinski definition) is 2. The van der Waals surface area contributed by atoms with Crippen molar-refractivity contribution >= 4 is 74.9 Å². The van der Waals surface area contributed by atoms with Gasteiger partial charge in [0.1, 0.15) is 22.6 Å². The topological polar surface area (TPSA) is 76.7 Å². The predicted octanol–water partition coefficient (Wildman–Crippen LogP) is 6.61. The molecule has 2 N–H and O–H groups in total. The Kier molecular flexibility index (Phi) is 7.48. The average molecular weight is 698 g/mol. The summed E-state index contributed by atoms with van der Waals surface area (Å²) in [5.74, 6) is -0.785. The number of benzene rings is 3. The summed E-state index contributed by atoms with van der Waals surface area (Å²) >= 11 is 21.9. The molecule has 0 unspecified atom stereocenters. The van der Waals surface area contributed by atoms with Crippen LogP contribution in [-0.2, 0) is 19.7 Å². The Balaban J connectivity index is 1.60. The van der Waals surface area contributed by atoms with Gasteiger partial charge in [0.15, 0.2) is 0 Å². The van der Waals surface area contributed by atoms with E-state index in [2.05, 4.69) is 33.2 Å². The molecule has 3 aromatic carbocycles. The molecule has 0 aromatic heterocycles. The molecule has 6 rings (SSSR count). The molecule has 6 nitrogen and oxygen atoms in total. The first-order valence-electron chi connectivity index (χ1n) is 12.6. The number of nitrogens with one attached hydrogen (secondary N) is 2. The van der Waals surface area contributed by atoms with Crippen LogP contribution in [0.2, 0.25) is 10.0 Å². The van der Waals surface area contributed by atoms with E-state index in [1.165, 1.54) is 0 Å². The third-order valence-electron chi connectivity index (χ3n) is 7.78. The molecule has 0 aliphatic carbocycles. The van der Waals surface area contributed by atoms with Crippen LogP contribution >= 0.6 is 57.4 Å². The second-order valence-corrected chi connectivity index (χ2v) is 12.6. The van der Waals surface area contributed by atoms with E-state index in [-0.39, 0.29) is 17.9 Å². The molecule has 2 saturated heterocycles. The Morgan fingerprint density at radius 3 is 2.51 bits per heavy atom. The van der Waals surface area contributed by atoms with Crippen LogP contribution in [-0.4, -0.2) is 36.5 Å². The lowest BCUT2D eigenvalue weighted by Gasteiger charge is -2.48. The number of hydrogen-bond acceptors (Lipinski definition) is 4. The third-order valence-corrected chi connectivity index (χ3v) is 9.37. The standard InChI is InChI=1S/C29H24Cl3IN2O4/c30-16-3-1-2-15(12-16)24-25(32)27(36)35-26(29(24)21-6-4-17(31)13-22(21)34-28(29)37)20-14-18(33)5-7-23(20)39-19-8-10-38-11-9-19/h1-7,12-14,19,24-26H,8-11H2,(H,34,37)(H,35,36)/t24-,25+,26+,29+/m1/s1. The summed E-state index contributed by atoms with van der Waals surface area (Å²) in [6, 6.07) is 17.5. The Bertz CT molecular complexity index is 1460. The Morgan fingerprint density at radius 2 is 1.74 bits per heavy atom. The minimum absolute atomic E-state index is 0.0409. The number of halogens is 4. The van der Waals surface area contributed by atoms with Crippen LogP contribution in [0.3, 0.4) is 0 Å². The van der Waals surface area contributed by atoms with Gasteiger partial charge in [-0.15, -0.1) is 11.6 Å². The number of rotatable bonds is 4. The minimum atomic E-state index is -1.32. The van der Waals surface area contributed by atoms with Crippen LogP contribution in [0.25, 0.3) is 0 Å². The normalized spacial score (nSPS) is 26.7. The summed E-state index contributed by atoms with van der Waals surface area (Å²) in [4.78, 5) is 27.9. The van der Waals surface area contributed by atoms with E-state index in [1.807, 2.05) is 30.3 Å². The summed E-state index contributed by atoms with van der Waals surface area (Å²) in [6.07, 6.45) is 1.47. The van der Waals surface area contributed by atoms with Crippen LogP contribution in [0.15, 0.2) is 60.7 Å². The van der Waals surface area contributed by atoms with Gasteiger partial charge in [-0.1, -0.05) is 41.4 Å². The smallest absolute Gasteiger partial charge is 0.239 e. The lowest BCUT2D eigenvalue weighted by molar-refractivity contribution is -0.131. The lowest BCUT2D eigenvalue weighted by atomic mass is 9.59. The van der Waals surface area contributed by atoms with Crippen LogP contribution in [0.1, 0.15) is 41.5 Å². The highest BCUT2D eigenvalue weighted by Crippen LogP contribution is 2.59. The molecule has 0 radical (unpaired) electrons. The van der Waals surface area contributed by atoms with Crippen LogP contribution < -0.4 is 15.4 Å². The number of anilines is 1. The molecule has 4 atom stereocenters. The second-order valence-electron chi connectivity index (χ2n) is 10.0. The number of carbonyl (C=O) groups is 2. The summed E-state index contributed by atoms with van der Waals surface area (Å²) in [5, 5.41) is 6.08. The van der Waals surface area contributed by atoms with Crippen LogP contribution in [0.4, 0.5) is 5.69 Å². The summed E-state index contributed by atoms with van der Waals surface area (Å²) in [5.41, 5.74) is 1.37. The molecule has 0 bridgehead atoms. The van der Waals surface area contributed by atoms with E-state index < -0.39 is 22.8 Å². The van der Waals surface area contributed by atoms with E-state index in [0.29, 0.717) is 51.4 Å². The van der Waals surface area contributed by atoms with Gasteiger partial charge >= 0.3 is 0 Å². The fourth-order valence-corrected chi connectivity index (χ4v) is 7.40. The maximum Gasteiger partial charge on any atom is 0.239 e. The number of piperidine rings is 1. The highest BCUT2D eigenvalue weighted by Gasteiger charge is 2.64. The predicted molar refractivity (Wildman–Crippen MR) is 160 cm³/mol. The third kappa shape index (κ3) is 4.70. The van der Waals surface area contributed by atoms with E-state index in [0.717, 1.165) is 16.4 Å². The number of alkyl halides is 1. The average Bonchev–Trinajstić information content (AvgIpc) is 3.19. The van der Waals surface area contributed by atoms with Gasteiger partial charge in [-0.05, 0) is 76.2 Å². The number of carbonyl (C=O) groups excluding carboxylic acids is 2. The first-order valence-corrected chi connectivity index (χ1v) is 14.9. The number of fused-ring (bicyclic) bond motifs is 2. The van der Waals surface area contributed by atoms with Crippen molar-refractivity contribution in [3.63, 3.8) is 0 Å². The van der Waals surface area contributed by atoms with Crippen molar-refractivity contribution in [2.24, 2.45) is 0 Å². The Morgan fingerprint density at radius 1 is 0.974 bits per heavy atom. The molecule has 2 amide bonds. The van der Waals surface area contributed by atoms with Crippen molar-refractivity contribution in [3.8, 4) is 5.75 Å². The molecular weight excluding hydrogens is 674 g/mol. The molecule has 0 saturated carbocycles. The van der Waals surface area contributed by atoms with E-state index in [9.17, 15) is 9.59 Å². The van der Waals surface area contributed by atoms with Crippen molar-refractivity contribution < 1.29 is 19.1 Å².